The van der Waals surface area contributed by atoms with Crippen LogP contribution in [0.25, 0.3) is 0 Å². The van der Waals surface area contributed by atoms with Crippen molar-refractivity contribution in [3.63, 3.8) is 0 Å². The van der Waals surface area contributed by atoms with E-state index in [4.69, 9.17) is 23.7 Å². The minimum absolute atomic E-state index is 0.0319. The standard InChI is InChI=1S/C23H24N2O7/c1-28-15-6-4-13(5-7-15)8-17-21(23(27)25-24-17)16(11-20(26)30-3)14-9-18(29-2)22-19(10-14)31-12-32-22/h4-7,9-10,16H,8,11-12H2,1-3H3,(H2,24,25,27)/t16-/m0/s1. The highest BCUT2D eigenvalue weighted by Gasteiger charge is 2.29. The normalized spacial score (nSPS) is 13.0. The molecule has 2 N–H and O–H groups in total. The summed E-state index contributed by atoms with van der Waals surface area (Å²) < 4.78 is 26.6. The molecule has 1 aliphatic rings. The number of esters is 1. The molecular formula is C23H24N2O7. The van der Waals surface area contributed by atoms with E-state index in [1.807, 2.05) is 24.3 Å². The maximum absolute atomic E-state index is 12.9. The number of ether oxygens (including phenoxy) is 5. The van der Waals surface area contributed by atoms with Gasteiger partial charge in [-0.05, 0) is 35.4 Å². The third kappa shape index (κ3) is 4.14. The van der Waals surface area contributed by atoms with Gasteiger partial charge in [0, 0.05) is 23.6 Å². The summed E-state index contributed by atoms with van der Waals surface area (Å²) in [6, 6.07) is 11.1. The molecule has 2 heterocycles. The number of fused-ring (bicyclic) bond motifs is 1. The number of rotatable bonds is 8. The van der Waals surface area contributed by atoms with Gasteiger partial charge in [-0.25, -0.2) is 0 Å². The Morgan fingerprint density at radius 2 is 1.84 bits per heavy atom. The van der Waals surface area contributed by atoms with Crippen LogP contribution >= 0.6 is 0 Å². The molecule has 3 aromatic rings. The Kier molecular flexibility index (Phi) is 6.07. The van der Waals surface area contributed by atoms with E-state index in [0.29, 0.717) is 40.5 Å². The average molecular weight is 440 g/mol. The fourth-order valence-electron chi connectivity index (χ4n) is 3.85. The van der Waals surface area contributed by atoms with Crippen LogP contribution in [0, 0.1) is 0 Å². The molecule has 4 rings (SSSR count). The Morgan fingerprint density at radius 3 is 2.53 bits per heavy atom. The van der Waals surface area contributed by atoms with Gasteiger partial charge < -0.3 is 28.8 Å². The third-order valence-corrected chi connectivity index (χ3v) is 5.47. The summed E-state index contributed by atoms with van der Waals surface area (Å²) in [5.74, 6) is 1.17. The molecule has 2 aromatic carbocycles. The Morgan fingerprint density at radius 1 is 1.06 bits per heavy atom. The fraction of sp³-hybridized carbons (Fsp3) is 0.304. The van der Waals surface area contributed by atoms with E-state index in [1.54, 1.807) is 19.2 Å². The largest absolute Gasteiger partial charge is 0.497 e. The van der Waals surface area contributed by atoms with Crippen molar-refractivity contribution in [2.24, 2.45) is 0 Å². The van der Waals surface area contributed by atoms with Gasteiger partial charge in [0.05, 0.1) is 27.8 Å². The van der Waals surface area contributed by atoms with E-state index >= 15 is 0 Å². The second-order valence-corrected chi connectivity index (χ2v) is 7.29. The lowest BCUT2D eigenvalue weighted by molar-refractivity contribution is -0.140. The number of H-pyrrole nitrogens is 2. The van der Waals surface area contributed by atoms with Gasteiger partial charge in [-0.3, -0.25) is 14.7 Å². The fourth-order valence-corrected chi connectivity index (χ4v) is 3.85. The van der Waals surface area contributed by atoms with Crippen LogP contribution < -0.4 is 24.5 Å². The maximum atomic E-state index is 12.9. The summed E-state index contributed by atoms with van der Waals surface area (Å²) in [7, 11) is 4.45. The summed E-state index contributed by atoms with van der Waals surface area (Å²) in [5, 5.41) is 5.62. The number of aromatic amines is 2. The van der Waals surface area contributed by atoms with E-state index < -0.39 is 11.9 Å². The first-order chi connectivity index (χ1) is 15.5. The molecule has 9 heteroatoms. The van der Waals surface area contributed by atoms with Crippen LogP contribution in [0.3, 0.4) is 0 Å². The van der Waals surface area contributed by atoms with Crippen molar-refractivity contribution in [2.45, 2.75) is 18.8 Å². The van der Waals surface area contributed by atoms with Crippen molar-refractivity contribution in [3.8, 4) is 23.0 Å². The number of aromatic nitrogens is 2. The summed E-state index contributed by atoms with van der Waals surface area (Å²) in [6.07, 6.45) is 0.424. The topological polar surface area (TPSA) is 112 Å². The number of nitrogens with one attached hydrogen (secondary N) is 2. The molecule has 168 valence electrons. The molecule has 0 saturated carbocycles. The van der Waals surface area contributed by atoms with E-state index in [9.17, 15) is 9.59 Å². The van der Waals surface area contributed by atoms with Crippen LogP contribution in [0.1, 0.15) is 34.7 Å². The van der Waals surface area contributed by atoms with Crippen molar-refractivity contribution in [3.05, 3.63) is 69.1 Å². The molecule has 1 aliphatic heterocycles. The van der Waals surface area contributed by atoms with Crippen molar-refractivity contribution >= 4 is 5.97 Å². The lowest BCUT2D eigenvalue weighted by Gasteiger charge is -2.18. The molecule has 0 fully saturated rings. The van der Waals surface area contributed by atoms with E-state index in [-0.39, 0.29) is 18.8 Å². The van der Waals surface area contributed by atoms with E-state index in [1.165, 1.54) is 14.2 Å². The van der Waals surface area contributed by atoms with Crippen LogP contribution in [0.2, 0.25) is 0 Å². The molecule has 1 atom stereocenters. The highest BCUT2D eigenvalue weighted by molar-refractivity contribution is 5.72. The van der Waals surface area contributed by atoms with Gasteiger partial charge in [0.2, 0.25) is 12.5 Å². The number of carbonyl (C=O) groups is 1. The number of hydrogen-bond acceptors (Lipinski definition) is 7. The summed E-state index contributed by atoms with van der Waals surface area (Å²) in [6.45, 7) is 0.0737. The van der Waals surface area contributed by atoms with Crippen LogP contribution in [-0.4, -0.2) is 44.3 Å². The number of benzene rings is 2. The van der Waals surface area contributed by atoms with Crippen molar-refractivity contribution in [2.75, 3.05) is 28.1 Å². The zero-order valence-corrected chi connectivity index (χ0v) is 18.0. The Hall–Kier alpha value is -3.88. The predicted octanol–water partition coefficient (Wildman–Crippen LogP) is 2.73. The van der Waals surface area contributed by atoms with Gasteiger partial charge in [0.1, 0.15) is 5.75 Å². The molecule has 0 radical (unpaired) electrons. The molecule has 0 amide bonds. The highest BCUT2D eigenvalue weighted by atomic mass is 16.7. The lowest BCUT2D eigenvalue weighted by Crippen LogP contribution is -2.18. The second-order valence-electron chi connectivity index (χ2n) is 7.29. The lowest BCUT2D eigenvalue weighted by atomic mass is 9.87. The summed E-state index contributed by atoms with van der Waals surface area (Å²) >= 11 is 0. The van der Waals surface area contributed by atoms with Gasteiger partial charge >= 0.3 is 5.97 Å². The van der Waals surface area contributed by atoms with E-state index in [0.717, 1.165) is 11.3 Å². The van der Waals surface area contributed by atoms with E-state index in [2.05, 4.69) is 10.2 Å². The minimum atomic E-state index is -0.589. The van der Waals surface area contributed by atoms with Crippen molar-refractivity contribution < 1.29 is 28.5 Å². The quantitative estimate of drug-likeness (QED) is 0.518. The molecular weight excluding hydrogens is 416 g/mol. The minimum Gasteiger partial charge on any atom is -0.497 e. The van der Waals surface area contributed by atoms with Gasteiger partial charge in [-0.1, -0.05) is 12.1 Å². The Bertz CT molecular complexity index is 1160. The van der Waals surface area contributed by atoms with Crippen LogP contribution in [0.15, 0.2) is 41.2 Å². The average Bonchev–Trinajstić information content (AvgIpc) is 3.43. The Labute approximate surface area is 184 Å². The van der Waals surface area contributed by atoms with Crippen LogP contribution in [0.5, 0.6) is 23.0 Å². The molecule has 9 nitrogen and oxygen atoms in total. The van der Waals surface area contributed by atoms with Crippen LogP contribution in [0.4, 0.5) is 0 Å². The first kappa shape index (κ1) is 21.4. The first-order valence-corrected chi connectivity index (χ1v) is 10.0. The Balaban J connectivity index is 1.77. The summed E-state index contributed by atoms with van der Waals surface area (Å²) in [4.78, 5) is 25.1. The number of hydrogen-bond donors (Lipinski definition) is 2. The maximum Gasteiger partial charge on any atom is 0.306 e. The van der Waals surface area contributed by atoms with Crippen molar-refractivity contribution in [1.82, 2.24) is 10.2 Å². The van der Waals surface area contributed by atoms with Gasteiger partial charge in [0.15, 0.2) is 11.5 Å². The highest BCUT2D eigenvalue weighted by Crippen LogP contribution is 2.44. The number of carbonyl (C=O) groups excluding carboxylic acids is 1. The number of methoxy groups -OCH3 is 3. The zero-order chi connectivity index (χ0) is 22.7. The van der Waals surface area contributed by atoms with Gasteiger partial charge in [-0.2, -0.15) is 0 Å². The first-order valence-electron chi connectivity index (χ1n) is 10.0. The molecule has 0 spiro atoms. The molecule has 0 aliphatic carbocycles. The molecule has 1 aromatic heterocycles. The molecule has 0 saturated heterocycles. The monoisotopic (exact) mass is 440 g/mol. The third-order valence-electron chi connectivity index (χ3n) is 5.47. The molecule has 0 unspecified atom stereocenters. The van der Waals surface area contributed by atoms with Gasteiger partial charge in [0.25, 0.3) is 5.56 Å². The van der Waals surface area contributed by atoms with Gasteiger partial charge in [-0.15, -0.1) is 0 Å². The SMILES string of the molecule is COC(=O)C[C@@H](c1cc(OC)c2c(c1)OCO2)c1c(Cc2ccc(OC)cc2)[nH][nH]c1=O. The molecule has 32 heavy (non-hydrogen) atoms. The zero-order valence-electron chi connectivity index (χ0n) is 18.0. The smallest absolute Gasteiger partial charge is 0.306 e. The second kappa shape index (κ2) is 9.09. The molecule has 0 bridgehead atoms. The van der Waals surface area contributed by atoms with Crippen molar-refractivity contribution in [1.29, 1.82) is 0 Å². The summed E-state index contributed by atoms with van der Waals surface area (Å²) in [5.41, 5.74) is 2.47. The predicted molar refractivity (Wildman–Crippen MR) is 115 cm³/mol. The van der Waals surface area contributed by atoms with Crippen LogP contribution in [-0.2, 0) is 16.0 Å².